The van der Waals surface area contributed by atoms with Crippen LogP contribution < -0.4 is 4.74 Å². The Bertz CT molecular complexity index is 1130. The number of carbonyl (C=O) groups is 2. The summed E-state index contributed by atoms with van der Waals surface area (Å²) in [5.41, 5.74) is 2.19. The minimum atomic E-state index is -0.173. The largest absolute Gasteiger partial charge is 0.496 e. The molecular formula is C25H29N5O3. The summed E-state index contributed by atoms with van der Waals surface area (Å²) in [6, 6.07) is 11.1. The highest BCUT2D eigenvalue weighted by molar-refractivity contribution is 5.97. The zero-order chi connectivity index (χ0) is 22.8. The van der Waals surface area contributed by atoms with E-state index in [4.69, 9.17) is 4.74 Å². The fourth-order valence-electron chi connectivity index (χ4n) is 5.07. The first kappa shape index (κ1) is 21.4. The van der Waals surface area contributed by atoms with Crippen LogP contribution >= 0.6 is 0 Å². The molecule has 0 radical (unpaired) electrons. The number of amides is 2. The van der Waals surface area contributed by atoms with Crippen molar-refractivity contribution in [2.75, 3.05) is 33.3 Å². The van der Waals surface area contributed by atoms with Gasteiger partial charge in [-0.3, -0.25) is 9.59 Å². The molecule has 4 heterocycles. The number of benzene rings is 1. The quantitative estimate of drug-likeness (QED) is 0.663. The number of aromatic amines is 1. The van der Waals surface area contributed by atoms with Gasteiger partial charge in [-0.25, -0.2) is 9.97 Å². The molecule has 0 aliphatic carbocycles. The SMILES string of the molecule is COc1ccccc1C(=O)N1CCCC(C(=O)N2CCCC(c3nc4ncccc4[nH]3)C2)C1. The molecule has 3 aromatic rings. The zero-order valence-corrected chi connectivity index (χ0v) is 18.9. The van der Waals surface area contributed by atoms with Crippen LogP contribution in [0.3, 0.4) is 0 Å². The van der Waals surface area contributed by atoms with Crippen molar-refractivity contribution in [2.24, 2.45) is 5.92 Å². The Morgan fingerprint density at radius 2 is 1.85 bits per heavy atom. The van der Waals surface area contributed by atoms with Crippen molar-refractivity contribution in [3.63, 3.8) is 0 Å². The Morgan fingerprint density at radius 1 is 1.03 bits per heavy atom. The summed E-state index contributed by atoms with van der Waals surface area (Å²) in [6.07, 6.45) is 5.31. The average molecular weight is 448 g/mol. The van der Waals surface area contributed by atoms with Crippen LogP contribution in [0.4, 0.5) is 0 Å². The lowest BCUT2D eigenvalue weighted by atomic mass is 9.92. The van der Waals surface area contributed by atoms with Crippen molar-refractivity contribution in [3.8, 4) is 5.75 Å². The summed E-state index contributed by atoms with van der Waals surface area (Å²) in [7, 11) is 1.57. The number of carbonyl (C=O) groups excluding carboxylic acids is 2. The predicted octanol–water partition coefficient (Wildman–Crippen LogP) is 3.22. The van der Waals surface area contributed by atoms with E-state index in [1.807, 2.05) is 29.2 Å². The molecule has 0 bridgehead atoms. The number of ether oxygens (including phenoxy) is 1. The lowest BCUT2D eigenvalue weighted by molar-refractivity contribution is -0.138. The monoisotopic (exact) mass is 447 g/mol. The maximum Gasteiger partial charge on any atom is 0.257 e. The Labute approximate surface area is 193 Å². The Hall–Kier alpha value is -3.42. The molecule has 8 nitrogen and oxygen atoms in total. The number of pyridine rings is 1. The lowest BCUT2D eigenvalue weighted by Gasteiger charge is -2.38. The first-order valence-electron chi connectivity index (χ1n) is 11.7. The second kappa shape index (κ2) is 9.21. The van der Waals surface area contributed by atoms with E-state index in [0.717, 1.165) is 43.6 Å². The highest BCUT2D eigenvalue weighted by Gasteiger charge is 2.35. The molecule has 33 heavy (non-hydrogen) atoms. The van der Waals surface area contributed by atoms with Crippen LogP contribution in [0.25, 0.3) is 11.2 Å². The number of likely N-dealkylation sites (tertiary alicyclic amines) is 2. The van der Waals surface area contributed by atoms with Crippen molar-refractivity contribution in [2.45, 2.75) is 31.6 Å². The number of fused-ring (bicyclic) bond motifs is 1. The van der Waals surface area contributed by atoms with Crippen molar-refractivity contribution < 1.29 is 14.3 Å². The minimum Gasteiger partial charge on any atom is -0.496 e. The van der Waals surface area contributed by atoms with E-state index < -0.39 is 0 Å². The number of nitrogens with one attached hydrogen (secondary N) is 1. The third-order valence-corrected chi connectivity index (χ3v) is 6.79. The number of imidazole rings is 1. The summed E-state index contributed by atoms with van der Waals surface area (Å²) in [6.45, 7) is 2.51. The number of aromatic nitrogens is 3. The smallest absolute Gasteiger partial charge is 0.257 e. The molecule has 2 amide bonds. The maximum atomic E-state index is 13.5. The molecule has 0 spiro atoms. The van der Waals surface area contributed by atoms with Gasteiger partial charge in [-0.2, -0.15) is 0 Å². The summed E-state index contributed by atoms with van der Waals surface area (Å²) in [4.78, 5) is 42.7. The minimum absolute atomic E-state index is 0.0729. The van der Waals surface area contributed by atoms with E-state index in [2.05, 4.69) is 15.0 Å². The van der Waals surface area contributed by atoms with E-state index in [-0.39, 0.29) is 23.7 Å². The predicted molar refractivity (Wildman–Crippen MR) is 124 cm³/mol. The van der Waals surface area contributed by atoms with Crippen molar-refractivity contribution in [1.29, 1.82) is 0 Å². The highest BCUT2D eigenvalue weighted by atomic mass is 16.5. The number of H-pyrrole nitrogens is 1. The molecule has 1 aromatic carbocycles. The van der Waals surface area contributed by atoms with Gasteiger partial charge in [0.05, 0.1) is 24.1 Å². The molecule has 2 aromatic heterocycles. The van der Waals surface area contributed by atoms with Gasteiger partial charge in [0.15, 0.2) is 5.65 Å². The highest BCUT2D eigenvalue weighted by Crippen LogP contribution is 2.29. The first-order chi connectivity index (χ1) is 16.1. The van der Waals surface area contributed by atoms with Gasteiger partial charge >= 0.3 is 0 Å². The standard InChI is InChI=1S/C25H29N5O3/c1-33-21-11-3-2-9-19(21)25(32)30-14-6-8-18(16-30)24(31)29-13-5-7-17(15-29)22-27-20-10-4-12-26-23(20)28-22/h2-4,9-12,17-18H,5-8,13-16H2,1H3,(H,26,27,28). The van der Waals surface area contributed by atoms with Crippen molar-refractivity contribution in [3.05, 3.63) is 54.0 Å². The van der Waals surface area contributed by atoms with E-state index in [1.165, 1.54) is 0 Å². The topological polar surface area (TPSA) is 91.4 Å². The van der Waals surface area contributed by atoms with Crippen LogP contribution in [-0.4, -0.2) is 69.9 Å². The number of hydrogen-bond donors (Lipinski definition) is 1. The third-order valence-electron chi connectivity index (χ3n) is 6.79. The molecule has 2 atom stereocenters. The Balaban J connectivity index is 1.27. The van der Waals surface area contributed by atoms with Gasteiger partial charge in [-0.1, -0.05) is 12.1 Å². The van der Waals surface area contributed by atoms with Gasteiger partial charge in [-0.15, -0.1) is 0 Å². The number of nitrogens with zero attached hydrogens (tertiary/aromatic N) is 4. The van der Waals surface area contributed by atoms with Crippen LogP contribution in [0.2, 0.25) is 0 Å². The molecule has 2 aliphatic heterocycles. The van der Waals surface area contributed by atoms with Crippen LogP contribution in [0.15, 0.2) is 42.6 Å². The molecule has 2 aliphatic rings. The summed E-state index contributed by atoms with van der Waals surface area (Å²) in [5.74, 6) is 1.54. The molecule has 0 saturated carbocycles. The fraction of sp³-hybridized carbons (Fsp3) is 0.440. The molecule has 2 unspecified atom stereocenters. The second-order valence-electron chi connectivity index (χ2n) is 8.91. The fourth-order valence-corrected chi connectivity index (χ4v) is 5.07. The first-order valence-corrected chi connectivity index (χ1v) is 11.7. The molecule has 172 valence electrons. The van der Waals surface area contributed by atoms with E-state index in [9.17, 15) is 9.59 Å². The van der Waals surface area contributed by atoms with E-state index in [1.54, 1.807) is 30.3 Å². The normalized spacial score (nSPS) is 21.2. The number of hydrogen-bond acceptors (Lipinski definition) is 5. The van der Waals surface area contributed by atoms with Crippen LogP contribution in [0, 0.1) is 5.92 Å². The van der Waals surface area contributed by atoms with Gasteiger partial charge < -0.3 is 19.5 Å². The van der Waals surface area contributed by atoms with Gasteiger partial charge in [0.2, 0.25) is 5.91 Å². The Kier molecular flexibility index (Phi) is 5.98. The summed E-state index contributed by atoms with van der Waals surface area (Å²) >= 11 is 0. The van der Waals surface area contributed by atoms with E-state index >= 15 is 0 Å². The summed E-state index contributed by atoms with van der Waals surface area (Å²) < 4.78 is 5.37. The molecule has 2 fully saturated rings. The van der Waals surface area contributed by atoms with Crippen LogP contribution in [-0.2, 0) is 4.79 Å². The molecule has 2 saturated heterocycles. The van der Waals surface area contributed by atoms with Crippen molar-refractivity contribution in [1.82, 2.24) is 24.8 Å². The van der Waals surface area contributed by atoms with Gasteiger partial charge in [0.25, 0.3) is 5.91 Å². The lowest BCUT2D eigenvalue weighted by Crippen LogP contribution is -2.49. The third kappa shape index (κ3) is 4.29. The number of para-hydroxylation sites is 1. The maximum absolute atomic E-state index is 13.5. The van der Waals surface area contributed by atoms with Gasteiger partial charge in [-0.05, 0) is 49.9 Å². The van der Waals surface area contributed by atoms with Crippen molar-refractivity contribution >= 4 is 23.0 Å². The zero-order valence-electron chi connectivity index (χ0n) is 18.9. The van der Waals surface area contributed by atoms with Crippen LogP contribution in [0.1, 0.15) is 47.8 Å². The summed E-state index contributed by atoms with van der Waals surface area (Å²) in [5, 5.41) is 0. The Morgan fingerprint density at radius 3 is 2.70 bits per heavy atom. The van der Waals surface area contributed by atoms with Gasteiger partial charge in [0.1, 0.15) is 11.6 Å². The number of methoxy groups -OCH3 is 1. The number of piperidine rings is 2. The molecule has 1 N–H and O–H groups in total. The van der Waals surface area contributed by atoms with Crippen LogP contribution in [0.5, 0.6) is 5.75 Å². The van der Waals surface area contributed by atoms with E-state index in [0.29, 0.717) is 36.6 Å². The number of rotatable bonds is 4. The molecule has 5 rings (SSSR count). The molecular weight excluding hydrogens is 418 g/mol. The molecule has 8 heteroatoms. The average Bonchev–Trinajstić information content (AvgIpc) is 3.32. The van der Waals surface area contributed by atoms with Gasteiger partial charge in [0, 0.05) is 38.3 Å². The second-order valence-corrected chi connectivity index (χ2v) is 8.91.